The maximum absolute atomic E-state index is 12.0. The molecule has 1 saturated heterocycles. The quantitative estimate of drug-likeness (QED) is 0.798. The number of amides is 1. The molecule has 0 bridgehead atoms. The molecule has 0 spiro atoms. The van der Waals surface area contributed by atoms with Crippen molar-refractivity contribution in [2.75, 3.05) is 13.1 Å². The average Bonchev–Trinajstić information content (AvgIpc) is 2.37. The third kappa shape index (κ3) is 3.83. The van der Waals surface area contributed by atoms with Gasteiger partial charge in [-0.05, 0) is 43.5 Å². The third-order valence-corrected chi connectivity index (χ3v) is 3.46. The van der Waals surface area contributed by atoms with Gasteiger partial charge in [0.1, 0.15) is 5.75 Å². The number of phenolic OH excluding ortho intramolecular Hbond substituents is 1. The average molecular weight is 261 g/mol. The second-order valence-electron chi connectivity index (χ2n) is 5.25. The molecule has 1 aromatic carbocycles. The zero-order valence-electron chi connectivity index (χ0n) is 11.0. The molecule has 1 aliphatic heterocycles. The molecule has 0 aromatic heterocycles. The zero-order valence-corrected chi connectivity index (χ0v) is 11.0. The van der Waals surface area contributed by atoms with Gasteiger partial charge in [0.25, 0.3) is 0 Å². The van der Waals surface area contributed by atoms with E-state index >= 15 is 0 Å². The summed E-state index contributed by atoms with van der Waals surface area (Å²) in [6, 6.07) is 6.67. The van der Waals surface area contributed by atoms with Crippen molar-refractivity contribution < 1.29 is 15.0 Å². The zero-order chi connectivity index (χ0) is 13.9. The van der Waals surface area contributed by atoms with Crippen LogP contribution in [0.4, 0.5) is 0 Å². The van der Waals surface area contributed by atoms with E-state index in [9.17, 15) is 9.90 Å². The summed E-state index contributed by atoms with van der Waals surface area (Å²) in [7, 11) is 0. The number of nitrogens with zero attached hydrogens (tertiary/aromatic N) is 1. The first-order chi connectivity index (χ1) is 8.96. The molecule has 19 heavy (non-hydrogen) atoms. The minimum atomic E-state index is -0.641. The van der Waals surface area contributed by atoms with Gasteiger partial charge in [0.15, 0.2) is 0 Å². The molecular formula is C15H19NO3. The number of hydrogen-bond donors (Lipinski definition) is 2. The lowest BCUT2D eigenvalue weighted by Gasteiger charge is -2.35. The Labute approximate surface area is 113 Å². The Morgan fingerprint density at radius 1 is 1.26 bits per heavy atom. The fourth-order valence-corrected chi connectivity index (χ4v) is 2.07. The van der Waals surface area contributed by atoms with Gasteiger partial charge in [-0.2, -0.15) is 0 Å². The first-order valence-electron chi connectivity index (χ1n) is 6.45. The van der Waals surface area contributed by atoms with Crippen molar-refractivity contribution in [1.29, 1.82) is 0 Å². The monoisotopic (exact) mass is 261 g/mol. The predicted molar refractivity (Wildman–Crippen MR) is 73.6 cm³/mol. The molecule has 0 atom stereocenters. The van der Waals surface area contributed by atoms with Crippen LogP contribution in [0.25, 0.3) is 6.08 Å². The summed E-state index contributed by atoms with van der Waals surface area (Å²) >= 11 is 0. The standard InChI is InChI=1S/C15H19NO3/c1-15(19)8-10-16(11-9-15)14(18)7-4-12-2-5-13(17)6-3-12/h2-7,17,19H,8-11H2,1H3/b7-4+. The number of benzene rings is 1. The van der Waals surface area contributed by atoms with Gasteiger partial charge >= 0.3 is 0 Å². The SMILES string of the molecule is CC1(O)CCN(C(=O)/C=C/c2ccc(O)cc2)CC1. The number of carbonyl (C=O) groups is 1. The molecule has 0 unspecified atom stereocenters. The summed E-state index contributed by atoms with van der Waals surface area (Å²) in [4.78, 5) is 13.7. The molecule has 4 heteroatoms. The van der Waals surface area contributed by atoms with Crippen molar-refractivity contribution in [2.45, 2.75) is 25.4 Å². The summed E-state index contributed by atoms with van der Waals surface area (Å²) < 4.78 is 0. The lowest BCUT2D eigenvalue weighted by atomic mass is 9.94. The highest BCUT2D eigenvalue weighted by Gasteiger charge is 2.28. The van der Waals surface area contributed by atoms with Crippen LogP contribution in [0.1, 0.15) is 25.3 Å². The van der Waals surface area contributed by atoms with E-state index in [1.807, 2.05) is 0 Å². The van der Waals surface area contributed by atoms with Crippen molar-refractivity contribution in [3.05, 3.63) is 35.9 Å². The van der Waals surface area contributed by atoms with Gasteiger partial charge in [0.05, 0.1) is 5.60 Å². The van der Waals surface area contributed by atoms with Crippen LogP contribution in [0.15, 0.2) is 30.3 Å². The smallest absolute Gasteiger partial charge is 0.246 e. The van der Waals surface area contributed by atoms with Crippen molar-refractivity contribution in [3.8, 4) is 5.75 Å². The predicted octanol–water partition coefficient (Wildman–Crippen LogP) is 1.78. The van der Waals surface area contributed by atoms with E-state index in [1.54, 1.807) is 42.2 Å². The fourth-order valence-electron chi connectivity index (χ4n) is 2.07. The number of rotatable bonds is 2. The number of hydrogen-bond acceptors (Lipinski definition) is 3. The minimum Gasteiger partial charge on any atom is -0.508 e. The van der Waals surface area contributed by atoms with Crippen LogP contribution in [0.2, 0.25) is 0 Å². The lowest BCUT2D eigenvalue weighted by Crippen LogP contribution is -2.44. The topological polar surface area (TPSA) is 60.8 Å². The number of aromatic hydroxyl groups is 1. The summed E-state index contributed by atoms with van der Waals surface area (Å²) in [5.41, 5.74) is 0.229. The molecule has 102 valence electrons. The van der Waals surface area contributed by atoms with E-state index in [1.165, 1.54) is 6.08 Å². The van der Waals surface area contributed by atoms with Gasteiger partial charge < -0.3 is 15.1 Å². The first kappa shape index (κ1) is 13.6. The van der Waals surface area contributed by atoms with Crippen LogP contribution in [0, 0.1) is 0 Å². The van der Waals surface area contributed by atoms with E-state index in [2.05, 4.69) is 0 Å². The molecule has 1 aliphatic rings. The highest BCUT2D eigenvalue weighted by molar-refractivity contribution is 5.91. The van der Waals surface area contributed by atoms with Gasteiger partial charge in [-0.25, -0.2) is 0 Å². The van der Waals surface area contributed by atoms with Gasteiger partial charge in [-0.1, -0.05) is 12.1 Å². The van der Waals surface area contributed by atoms with Crippen molar-refractivity contribution in [2.24, 2.45) is 0 Å². The Balaban J connectivity index is 1.92. The van der Waals surface area contributed by atoms with Crippen LogP contribution in [0.5, 0.6) is 5.75 Å². The number of phenols is 1. The second kappa shape index (κ2) is 5.45. The van der Waals surface area contributed by atoms with E-state index in [-0.39, 0.29) is 11.7 Å². The molecule has 1 heterocycles. The largest absolute Gasteiger partial charge is 0.508 e. The Morgan fingerprint density at radius 2 is 1.84 bits per heavy atom. The highest BCUT2D eigenvalue weighted by Crippen LogP contribution is 2.21. The number of likely N-dealkylation sites (tertiary alicyclic amines) is 1. The molecule has 2 rings (SSSR count). The Hall–Kier alpha value is -1.81. The lowest BCUT2D eigenvalue weighted by molar-refractivity contribution is -0.129. The summed E-state index contributed by atoms with van der Waals surface area (Å²) in [6.07, 6.45) is 4.50. The van der Waals surface area contributed by atoms with E-state index in [4.69, 9.17) is 5.11 Å². The molecule has 0 aliphatic carbocycles. The maximum atomic E-state index is 12.0. The number of carbonyl (C=O) groups excluding carboxylic acids is 1. The molecule has 1 aromatic rings. The molecule has 2 N–H and O–H groups in total. The molecule has 0 radical (unpaired) electrons. The Bertz CT molecular complexity index is 467. The van der Waals surface area contributed by atoms with E-state index in [0.717, 1.165) is 5.56 Å². The highest BCUT2D eigenvalue weighted by atomic mass is 16.3. The third-order valence-electron chi connectivity index (χ3n) is 3.46. The van der Waals surface area contributed by atoms with Crippen molar-refractivity contribution >= 4 is 12.0 Å². The van der Waals surface area contributed by atoms with Crippen LogP contribution in [-0.4, -0.2) is 39.7 Å². The first-order valence-corrected chi connectivity index (χ1v) is 6.45. The van der Waals surface area contributed by atoms with Crippen LogP contribution < -0.4 is 0 Å². The minimum absolute atomic E-state index is 0.0384. The second-order valence-corrected chi connectivity index (χ2v) is 5.25. The number of aliphatic hydroxyl groups is 1. The van der Waals surface area contributed by atoms with Gasteiger partial charge in [-0.15, -0.1) is 0 Å². The molecular weight excluding hydrogens is 242 g/mol. The molecule has 1 amide bonds. The number of piperidine rings is 1. The van der Waals surface area contributed by atoms with E-state index < -0.39 is 5.60 Å². The Morgan fingerprint density at radius 3 is 2.42 bits per heavy atom. The summed E-state index contributed by atoms with van der Waals surface area (Å²) in [5.74, 6) is 0.172. The molecule has 1 fully saturated rings. The molecule has 0 saturated carbocycles. The van der Waals surface area contributed by atoms with Gasteiger partial charge in [0.2, 0.25) is 5.91 Å². The fraction of sp³-hybridized carbons (Fsp3) is 0.400. The van der Waals surface area contributed by atoms with Crippen LogP contribution in [0.3, 0.4) is 0 Å². The normalized spacial score (nSPS) is 18.7. The van der Waals surface area contributed by atoms with E-state index in [0.29, 0.717) is 25.9 Å². The van der Waals surface area contributed by atoms with Crippen molar-refractivity contribution in [3.63, 3.8) is 0 Å². The summed E-state index contributed by atoms with van der Waals surface area (Å²) in [5, 5.41) is 19.0. The maximum Gasteiger partial charge on any atom is 0.246 e. The van der Waals surface area contributed by atoms with Crippen molar-refractivity contribution in [1.82, 2.24) is 4.90 Å². The van der Waals surface area contributed by atoms with Gasteiger partial charge in [0, 0.05) is 19.2 Å². The van der Waals surface area contributed by atoms with Crippen LogP contribution >= 0.6 is 0 Å². The Kier molecular flexibility index (Phi) is 3.90. The van der Waals surface area contributed by atoms with Gasteiger partial charge in [-0.3, -0.25) is 4.79 Å². The van der Waals surface area contributed by atoms with Crippen LogP contribution in [-0.2, 0) is 4.79 Å². The summed E-state index contributed by atoms with van der Waals surface area (Å²) in [6.45, 7) is 2.98. The molecule has 4 nitrogen and oxygen atoms in total.